The fourth-order valence-corrected chi connectivity index (χ4v) is 5.74. The normalized spacial score (nSPS) is 18.0. The Kier molecular flexibility index (Phi) is 5.29. The summed E-state index contributed by atoms with van der Waals surface area (Å²) in [5.41, 5.74) is 0.974. The second-order valence-corrected chi connectivity index (χ2v) is 10.0. The van der Waals surface area contributed by atoms with Gasteiger partial charge in [0.05, 0.1) is 24.9 Å². The minimum absolute atomic E-state index is 0.00913. The maximum Gasteiger partial charge on any atom is 0.262 e. The minimum atomic E-state index is -0.576. The van der Waals surface area contributed by atoms with Gasteiger partial charge in [0.2, 0.25) is 5.91 Å². The van der Waals surface area contributed by atoms with Crippen molar-refractivity contribution in [2.45, 2.75) is 31.8 Å². The Labute approximate surface area is 173 Å². The van der Waals surface area contributed by atoms with E-state index in [0.717, 1.165) is 31.9 Å². The minimum Gasteiger partial charge on any atom is -0.340 e. The lowest BCUT2D eigenvalue weighted by Crippen LogP contribution is -2.46. The Morgan fingerprint density at radius 2 is 2.07 bits per heavy atom. The summed E-state index contributed by atoms with van der Waals surface area (Å²) in [4.78, 5) is 32.5. The number of thiophene rings is 1. The molecule has 2 atom stereocenters. The molecule has 1 aromatic carbocycles. The van der Waals surface area contributed by atoms with Gasteiger partial charge in [-0.15, -0.1) is 22.7 Å². The highest BCUT2D eigenvalue weighted by Gasteiger charge is 2.34. The molecule has 5 nitrogen and oxygen atoms in total. The molecule has 3 heterocycles. The molecule has 2 unspecified atom stereocenters. The van der Waals surface area contributed by atoms with Crippen molar-refractivity contribution in [2.75, 3.05) is 6.54 Å². The highest BCUT2D eigenvalue weighted by Crippen LogP contribution is 2.36. The maximum atomic E-state index is 13.0. The molecule has 8 heteroatoms. The van der Waals surface area contributed by atoms with Crippen molar-refractivity contribution in [3.63, 3.8) is 0 Å². The first-order valence-electron chi connectivity index (χ1n) is 8.75. The summed E-state index contributed by atoms with van der Waals surface area (Å²) in [5.74, 6) is -0.275. The van der Waals surface area contributed by atoms with Crippen molar-refractivity contribution in [3.8, 4) is 0 Å². The number of amides is 2. The van der Waals surface area contributed by atoms with Crippen LogP contribution in [0, 0.1) is 0 Å². The van der Waals surface area contributed by atoms with E-state index in [0.29, 0.717) is 11.4 Å². The van der Waals surface area contributed by atoms with Crippen LogP contribution in [0.25, 0.3) is 10.2 Å². The Hall–Kier alpha value is -1.77. The Bertz CT molecular complexity index is 967. The lowest BCUT2D eigenvalue weighted by molar-refractivity contribution is -0.133. The third-order valence-electron chi connectivity index (χ3n) is 4.65. The van der Waals surface area contributed by atoms with E-state index >= 15 is 0 Å². The standard InChI is InChI=1S/C19H18BrN3O2S2/c1-11(21-17(24)15-8-9-16(20)26-15)19(25)23-10-4-6-13(23)18-22-12-5-2-3-7-14(12)27-18/h2-3,5,7-9,11,13H,4,6,10H2,1H3,(H,21,24). The Morgan fingerprint density at radius 1 is 1.26 bits per heavy atom. The second-order valence-electron chi connectivity index (χ2n) is 6.51. The molecule has 1 N–H and O–H groups in total. The summed E-state index contributed by atoms with van der Waals surface area (Å²) in [6.45, 7) is 2.45. The summed E-state index contributed by atoms with van der Waals surface area (Å²) < 4.78 is 2.03. The van der Waals surface area contributed by atoms with Crippen LogP contribution in [-0.4, -0.2) is 34.3 Å². The Balaban J connectivity index is 1.49. The summed E-state index contributed by atoms with van der Waals surface area (Å²) in [7, 11) is 0. The van der Waals surface area contributed by atoms with Crippen molar-refractivity contribution in [1.29, 1.82) is 0 Å². The third kappa shape index (κ3) is 3.79. The largest absolute Gasteiger partial charge is 0.340 e. The number of thiazole rings is 1. The quantitative estimate of drug-likeness (QED) is 0.614. The number of nitrogens with one attached hydrogen (secondary N) is 1. The van der Waals surface area contributed by atoms with Crippen LogP contribution in [0.5, 0.6) is 0 Å². The Morgan fingerprint density at radius 3 is 2.81 bits per heavy atom. The number of hydrogen-bond acceptors (Lipinski definition) is 5. The van der Waals surface area contributed by atoms with Crippen LogP contribution in [0.1, 0.15) is 40.5 Å². The van der Waals surface area contributed by atoms with Gasteiger partial charge in [-0.05, 0) is 60.0 Å². The molecule has 1 aliphatic rings. The number of rotatable bonds is 4. The van der Waals surface area contributed by atoms with Crippen molar-refractivity contribution in [2.24, 2.45) is 0 Å². The van der Waals surface area contributed by atoms with Gasteiger partial charge in [0.25, 0.3) is 5.91 Å². The molecule has 0 radical (unpaired) electrons. The van der Waals surface area contributed by atoms with Crippen molar-refractivity contribution in [3.05, 3.63) is 50.1 Å². The number of carbonyl (C=O) groups excluding carboxylic acids is 2. The van der Waals surface area contributed by atoms with Crippen LogP contribution in [0.15, 0.2) is 40.2 Å². The van der Waals surface area contributed by atoms with Gasteiger partial charge in [-0.3, -0.25) is 9.59 Å². The first-order chi connectivity index (χ1) is 13.0. The van der Waals surface area contributed by atoms with Gasteiger partial charge in [-0.25, -0.2) is 4.98 Å². The van der Waals surface area contributed by atoms with E-state index in [1.165, 1.54) is 11.3 Å². The number of likely N-dealkylation sites (tertiary alicyclic amines) is 1. The van der Waals surface area contributed by atoms with E-state index in [-0.39, 0.29) is 17.9 Å². The van der Waals surface area contributed by atoms with Crippen LogP contribution in [0.2, 0.25) is 0 Å². The van der Waals surface area contributed by atoms with Gasteiger partial charge in [0, 0.05) is 6.54 Å². The molecule has 0 spiro atoms. The fourth-order valence-electron chi connectivity index (χ4n) is 3.33. The van der Waals surface area contributed by atoms with Crippen LogP contribution >= 0.6 is 38.6 Å². The SMILES string of the molecule is CC(NC(=O)c1ccc(Br)s1)C(=O)N1CCCC1c1nc2ccccc2s1. The number of para-hydroxylation sites is 1. The highest BCUT2D eigenvalue weighted by molar-refractivity contribution is 9.11. The zero-order chi connectivity index (χ0) is 19.0. The molecule has 2 aromatic heterocycles. The molecule has 3 aromatic rings. The summed E-state index contributed by atoms with van der Waals surface area (Å²) in [6.07, 6.45) is 1.86. The molecule has 1 saturated heterocycles. The number of aromatic nitrogens is 1. The van der Waals surface area contributed by atoms with Gasteiger partial charge in [0.15, 0.2) is 0 Å². The van der Waals surface area contributed by atoms with Crippen molar-refractivity contribution >= 4 is 60.6 Å². The molecule has 2 amide bonds. The van der Waals surface area contributed by atoms with Crippen LogP contribution in [0.4, 0.5) is 0 Å². The lowest BCUT2D eigenvalue weighted by atomic mass is 10.2. The van der Waals surface area contributed by atoms with E-state index in [1.807, 2.05) is 29.2 Å². The molecule has 0 saturated carbocycles. The zero-order valence-corrected chi connectivity index (χ0v) is 17.9. The first-order valence-corrected chi connectivity index (χ1v) is 11.2. The molecule has 1 aliphatic heterocycles. The third-order valence-corrected chi connectivity index (χ3v) is 7.41. The molecular weight excluding hydrogens is 446 g/mol. The topological polar surface area (TPSA) is 62.3 Å². The molecule has 140 valence electrons. The smallest absolute Gasteiger partial charge is 0.262 e. The second kappa shape index (κ2) is 7.69. The van der Waals surface area contributed by atoms with E-state index in [2.05, 4.69) is 27.3 Å². The predicted octanol–water partition coefficient (Wildman–Crippen LogP) is 4.60. The molecule has 27 heavy (non-hydrogen) atoms. The van der Waals surface area contributed by atoms with Gasteiger partial charge in [-0.1, -0.05) is 12.1 Å². The van der Waals surface area contributed by atoms with Crippen LogP contribution < -0.4 is 5.32 Å². The number of benzene rings is 1. The lowest BCUT2D eigenvalue weighted by Gasteiger charge is -2.26. The summed E-state index contributed by atoms with van der Waals surface area (Å²) >= 11 is 6.35. The van der Waals surface area contributed by atoms with E-state index in [9.17, 15) is 9.59 Å². The first kappa shape index (κ1) is 18.6. The van der Waals surface area contributed by atoms with Crippen molar-refractivity contribution < 1.29 is 9.59 Å². The number of nitrogens with zero attached hydrogens (tertiary/aromatic N) is 2. The van der Waals surface area contributed by atoms with Crippen LogP contribution in [0.3, 0.4) is 0 Å². The van der Waals surface area contributed by atoms with E-state index < -0.39 is 6.04 Å². The molecule has 1 fully saturated rings. The number of fused-ring (bicyclic) bond motifs is 1. The van der Waals surface area contributed by atoms with Gasteiger partial charge < -0.3 is 10.2 Å². The summed E-state index contributed by atoms with van der Waals surface area (Å²) in [6, 6.07) is 11.0. The number of carbonyl (C=O) groups is 2. The fraction of sp³-hybridized carbons (Fsp3) is 0.316. The molecule has 4 rings (SSSR count). The van der Waals surface area contributed by atoms with E-state index in [4.69, 9.17) is 4.98 Å². The molecule has 0 aliphatic carbocycles. The highest BCUT2D eigenvalue weighted by atomic mass is 79.9. The van der Waals surface area contributed by atoms with Crippen LogP contribution in [-0.2, 0) is 4.79 Å². The predicted molar refractivity (Wildman–Crippen MR) is 112 cm³/mol. The van der Waals surface area contributed by atoms with E-state index in [1.54, 1.807) is 24.3 Å². The van der Waals surface area contributed by atoms with Gasteiger partial charge in [-0.2, -0.15) is 0 Å². The molecular formula is C19H18BrN3O2S2. The number of halogens is 1. The summed E-state index contributed by atoms with van der Waals surface area (Å²) in [5, 5.41) is 3.80. The number of hydrogen-bond donors (Lipinski definition) is 1. The maximum absolute atomic E-state index is 13.0. The average molecular weight is 464 g/mol. The monoisotopic (exact) mass is 463 g/mol. The average Bonchev–Trinajstić information content (AvgIpc) is 3.38. The van der Waals surface area contributed by atoms with Gasteiger partial charge >= 0.3 is 0 Å². The zero-order valence-electron chi connectivity index (χ0n) is 14.6. The van der Waals surface area contributed by atoms with Gasteiger partial charge in [0.1, 0.15) is 11.0 Å². The molecule has 0 bridgehead atoms. The van der Waals surface area contributed by atoms with Crippen molar-refractivity contribution in [1.82, 2.24) is 15.2 Å².